The summed E-state index contributed by atoms with van der Waals surface area (Å²) >= 11 is 0. The molecule has 2 aliphatic heterocycles. The van der Waals surface area contributed by atoms with Crippen LogP contribution < -0.4 is 0 Å². The van der Waals surface area contributed by atoms with Crippen LogP contribution in [0.1, 0.15) is 19.3 Å². The fourth-order valence-corrected chi connectivity index (χ4v) is 1.43. The van der Waals surface area contributed by atoms with Gasteiger partial charge in [-0.15, -0.1) is 0 Å². The zero-order chi connectivity index (χ0) is 6.86. The molecule has 0 atom stereocenters. The lowest BCUT2D eigenvalue weighted by Crippen LogP contribution is -2.35. The van der Waals surface area contributed by atoms with Gasteiger partial charge in [0.25, 0.3) is 0 Å². The molecule has 3 heteroatoms. The molecule has 0 saturated carbocycles. The Morgan fingerprint density at radius 2 is 2.10 bits per heavy atom. The molecule has 56 valence electrons. The first-order valence-electron chi connectivity index (χ1n) is 3.69. The van der Waals surface area contributed by atoms with Gasteiger partial charge in [0.2, 0.25) is 0 Å². The second-order valence-corrected chi connectivity index (χ2v) is 2.88. The maximum atomic E-state index is 5.27. The summed E-state index contributed by atoms with van der Waals surface area (Å²) in [5.74, 6) is 0. The Morgan fingerprint density at radius 3 is 2.70 bits per heavy atom. The maximum absolute atomic E-state index is 5.27. The van der Waals surface area contributed by atoms with Crippen LogP contribution in [0.15, 0.2) is 5.16 Å². The first-order valence-corrected chi connectivity index (χ1v) is 3.69. The monoisotopic (exact) mass is 141 g/mol. The molecule has 0 aromatic rings. The van der Waals surface area contributed by atoms with Crippen LogP contribution in [0.25, 0.3) is 0 Å². The van der Waals surface area contributed by atoms with E-state index in [0.717, 1.165) is 32.5 Å². The van der Waals surface area contributed by atoms with Crippen molar-refractivity contribution in [2.45, 2.75) is 24.9 Å². The van der Waals surface area contributed by atoms with Gasteiger partial charge in [-0.3, -0.25) is 0 Å². The minimum Gasteiger partial charge on any atom is -0.389 e. The van der Waals surface area contributed by atoms with E-state index in [1.165, 1.54) is 0 Å². The number of nitrogens with zero attached hydrogens (tertiary/aromatic N) is 1. The maximum Gasteiger partial charge on any atom is 0.147 e. The van der Waals surface area contributed by atoms with Crippen molar-refractivity contribution in [1.82, 2.24) is 0 Å². The third-order valence-electron chi connectivity index (χ3n) is 2.19. The molecule has 2 rings (SSSR count). The Hall–Kier alpha value is -0.570. The summed E-state index contributed by atoms with van der Waals surface area (Å²) in [5.41, 5.74) is 0.0260. The molecule has 3 nitrogen and oxygen atoms in total. The van der Waals surface area contributed by atoms with E-state index in [4.69, 9.17) is 9.57 Å². The molecular formula is C7H11NO2. The van der Waals surface area contributed by atoms with Crippen LogP contribution in [-0.4, -0.2) is 25.0 Å². The first kappa shape index (κ1) is 6.16. The Balaban J connectivity index is 2.00. The Kier molecular flexibility index (Phi) is 1.38. The summed E-state index contributed by atoms with van der Waals surface area (Å²) in [6.45, 7) is 1.65. The van der Waals surface area contributed by atoms with Crippen molar-refractivity contribution in [3.63, 3.8) is 0 Å². The van der Waals surface area contributed by atoms with E-state index in [1.807, 2.05) is 6.21 Å². The zero-order valence-corrected chi connectivity index (χ0v) is 5.88. The second kappa shape index (κ2) is 2.23. The van der Waals surface area contributed by atoms with Crippen LogP contribution in [0.5, 0.6) is 0 Å². The summed E-state index contributed by atoms with van der Waals surface area (Å²) in [5, 5.41) is 3.78. The zero-order valence-electron chi connectivity index (χ0n) is 5.88. The average molecular weight is 141 g/mol. The molecule has 2 aliphatic rings. The van der Waals surface area contributed by atoms with Gasteiger partial charge in [0.05, 0.1) is 13.2 Å². The van der Waals surface area contributed by atoms with Crippen LogP contribution in [0.3, 0.4) is 0 Å². The van der Waals surface area contributed by atoms with Crippen molar-refractivity contribution in [2.24, 2.45) is 5.16 Å². The van der Waals surface area contributed by atoms with E-state index in [0.29, 0.717) is 0 Å². The van der Waals surface area contributed by atoms with Crippen molar-refractivity contribution < 1.29 is 9.57 Å². The van der Waals surface area contributed by atoms with Crippen LogP contribution in [0.4, 0.5) is 0 Å². The Morgan fingerprint density at radius 1 is 1.30 bits per heavy atom. The van der Waals surface area contributed by atoms with Crippen LogP contribution in [-0.2, 0) is 9.57 Å². The molecule has 0 amide bonds. The van der Waals surface area contributed by atoms with Crippen LogP contribution >= 0.6 is 0 Å². The predicted molar refractivity (Wildman–Crippen MR) is 37.0 cm³/mol. The molecule has 0 unspecified atom stereocenters. The fourth-order valence-electron chi connectivity index (χ4n) is 1.43. The standard InChI is InChI=1S/C7H11NO2/c1-4-8-10-7(1)2-5-9-6-3-7/h4H,1-3,5-6H2. The van der Waals surface area contributed by atoms with Gasteiger partial charge >= 0.3 is 0 Å². The molecule has 0 bridgehead atoms. The Bertz CT molecular complexity index is 140. The summed E-state index contributed by atoms with van der Waals surface area (Å²) in [6.07, 6.45) is 4.81. The van der Waals surface area contributed by atoms with Crippen LogP contribution in [0, 0.1) is 0 Å². The van der Waals surface area contributed by atoms with E-state index in [-0.39, 0.29) is 5.60 Å². The highest BCUT2D eigenvalue weighted by Crippen LogP contribution is 2.31. The smallest absolute Gasteiger partial charge is 0.147 e. The quantitative estimate of drug-likeness (QED) is 0.502. The van der Waals surface area contributed by atoms with Crippen molar-refractivity contribution in [1.29, 1.82) is 0 Å². The molecule has 0 N–H and O–H groups in total. The summed E-state index contributed by atoms with van der Waals surface area (Å²) in [6, 6.07) is 0. The Labute approximate surface area is 60.0 Å². The van der Waals surface area contributed by atoms with Crippen LogP contribution in [0.2, 0.25) is 0 Å². The number of rotatable bonds is 0. The van der Waals surface area contributed by atoms with Gasteiger partial charge in [-0.1, -0.05) is 5.16 Å². The lowest BCUT2D eigenvalue weighted by atomic mass is 9.92. The molecule has 2 heterocycles. The van der Waals surface area contributed by atoms with Gasteiger partial charge in [0, 0.05) is 25.5 Å². The van der Waals surface area contributed by atoms with Crippen molar-refractivity contribution in [3.05, 3.63) is 0 Å². The highest BCUT2D eigenvalue weighted by molar-refractivity contribution is 5.59. The van der Waals surface area contributed by atoms with Gasteiger partial charge in [-0.05, 0) is 0 Å². The number of oxime groups is 1. The number of hydrogen-bond donors (Lipinski definition) is 0. The number of ether oxygens (including phenoxy) is 1. The van der Waals surface area contributed by atoms with Gasteiger partial charge < -0.3 is 9.57 Å². The minimum atomic E-state index is 0.0260. The van der Waals surface area contributed by atoms with E-state index < -0.39 is 0 Å². The summed E-state index contributed by atoms with van der Waals surface area (Å²) in [7, 11) is 0. The molecule has 1 spiro atoms. The van der Waals surface area contributed by atoms with E-state index >= 15 is 0 Å². The largest absolute Gasteiger partial charge is 0.389 e. The molecule has 1 saturated heterocycles. The molecule has 0 aromatic heterocycles. The summed E-state index contributed by atoms with van der Waals surface area (Å²) < 4.78 is 5.22. The molecule has 10 heavy (non-hydrogen) atoms. The lowest BCUT2D eigenvalue weighted by molar-refractivity contribution is -0.0919. The fraction of sp³-hybridized carbons (Fsp3) is 0.857. The van der Waals surface area contributed by atoms with Gasteiger partial charge in [-0.2, -0.15) is 0 Å². The van der Waals surface area contributed by atoms with Crippen molar-refractivity contribution in [2.75, 3.05) is 13.2 Å². The number of hydrogen-bond acceptors (Lipinski definition) is 3. The highest BCUT2D eigenvalue weighted by atomic mass is 16.7. The molecular weight excluding hydrogens is 130 g/mol. The second-order valence-electron chi connectivity index (χ2n) is 2.88. The molecule has 0 radical (unpaired) electrons. The van der Waals surface area contributed by atoms with Crippen molar-refractivity contribution >= 4 is 6.21 Å². The minimum absolute atomic E-state index is 0.0260. The highest BCUT2D eigenvalue weighted by Gasteiger charge is 2.36. The van der Waals surface area contributed by atoms with Gasteiger partial charge in [-0.25, -0.2) is 0 Å². The SMILES string of the molecule is C1=NOC2(C1)CCOCC2. The molecule has 0 aromatic carbocycles. The van der Waals surface area contributed by atoms with Gasteiger partial charge in [0.1, 0.15) is 5.60 Å². The van der Waals surface area contributed by atoms with Crippen molar-refractivity contribution in [3.8, 4) is 0 Å². The van der Waals surface area contributed by atoms with E-state index in [1.54, 1.807) is 0 Å². The first-order chi connectivity index (χ1) is 4.91. The third-order valence-corrected chi connectivity index (χ3v) is 2.19. The van der Waals surface area contributed by atoms with E-state index in [9.17, 15) is 0 Å². The summed E-state index contributed by atoms with van der Waals surface area (Å²) in [4.78, 5) is 5.27. The lowest BCUT2D eigenvalue weighted by Gasteiger charge is -2.29. The van der Waals surface area contributed by atoms with Gasteiger partial charge in [0.15, 0.2) is 0 Å². The molecule has 1 fully saturated rings. The molecule has 0 aliphatic carbocycles. The van der Waals surface area contributed by atoms with E-state index in [2.05, 4.69) is 5.16 Å². The average Bonchev–Trinajstić information content (AvgIpc) is 2.39. The topological polar surface area (TPSA) is 30.8 Å². The normalized spacial score (nSPS) is 28.8. The predicted octanol–water partition coefficient (Wildman–Crippen LogP) is 0.942. The third kappa shape index (κ3) is 0.904.